The van der Waals surface area contributed by atoms with E-state index in [0.717, 1.165) is 39.7 Å². The maximum absolute atomic E-state index is 12.5. The Morgan fingerprint density at radius 3 is 2.36 bits per heavy atom. The fourth-order valence-electron chi connectivity index (χ4n) is 2.80. The highest BCUT2D eigenvalue weighted by Gasteiger charge is 2.16. The highest BCUT2D eigenvalue weighted by molar-refractivity contribution is 5.75. The van der Waals surface area contributed by atoms with E-state index in [4.69, 9.17) is 5.11 Å². The van der Waals surface area contributed by atoms with Crippen molar-refractivity contribution in [3.05, 3.63) is 57.5 Å². The van der Waals surface area contributed by atoms with Crippen LogP contribution < -0.4 is 5.56 Å². The van der Waals surface area contributed by atoms with Gasteiger partial charge in [-0.25, -0.2) is 9.36 Å². The number of benzene rings is 1. The minimum atomic E-state index is -1.24. The number of rotatable bonds is 4. The first-order valence-corrected chi connectivity index (χ1v) is 7.51. The number of pyridine rings is 1. The summed E-state index contributed by atoms with van der Waals surface area (Å²) in [5.74, 6) is 0. The molecule has 0 aliphatic heterocycles. The van der Waals surface area contributed by atoms with Crippen LogP contribution in [0.25, 0.3) is 11.1 Å². The first kappa shape index (κ1) is 16.0. The third-order valence-electron chi connectivity index (χ3n) is 3.93. The van der Waals surface area contributed by atoms with Gasteiger partial charge in [-0.15, -0.1) is 0 Å². The van der Waals surface area contributed by atoms with Crippen LogP contribution in [0, 0.1) is 13.8 Å². The van der Waals surface area contributed by atoms with Gasteiger partial charge in [-0.2, -0.15) is 0 Å². The van der Waals surface area contributed by atoms with Gasteiger partial charge in [0.1, 0.15) is 0 Å². The average molecular weight is 299 g/mol. The summed E-state index contributed by atoms with van der Waals surface area (Å²) in [6.07, 6.45) is 2.51. The molecule has 1 aromatic heterocycles. The van der Waals surface area contributed by atoms with Crippen molar-refractivity contribution in [3.8, 4) is 11.1 Å². The lowest BCUT2D eigenvalue weighted by molar-refractivity contribution is 0.195. The molecule has 22 heavy (non-hydrogen) atoms. The number of aryl methyl sites for hydroxylation is 2. The van der Waals surface area contributed by atoms with E-state index < -0.39 is 11.7 Å². The topological polar surface area (TPSA) is 59.3 Å². The number of unbranched alkanes of at least 4 members (excludes halogenated alkanes) is 1. The fraction of sp³-hybridized carbons (Fsp3) is 0.333. The molecule has 2 rings (SSSR count). The highest BCUT2D eigenvalue weighted by atomic mass is 16.4. The molecule has 2 aromatic rings. The van der Waals surface area contributed by atoms with Crippen molar-refractivity contribution in [1.82, 2.24) is 4.57 Å². The van der Waals surface area contributed by atoms with Crippen LogP contribution in [0.4, 0.5) is 4.79 Å². The smallest absolute Gasteiger partial charge is 0.418 e. The van der Waals surface area contributed by atoms with Crippen molar-refractivity contribution in [1.29, 1.82) is 0 Å². The second-order valence-electron chi connectivity index (χ2n) is 5.54. The first-order valence-electron chi connectivity index (χ1n) is 7.51. The zero-order valence-electron chi connectivity index (χ0n) is 13.2. The first-order chi connectivity index (χ1) is 10.5. The van der Waals surface area contributed by atoms with Crippen molar-refractivity contribution in [2.24, 2.45) is 0 Å². The van der Waals surface area contributed by atoms with Crippen LogP contribution in [0.5, 0.6) is 0 Å². The predicted molar refractivity (Wildman–Crippen MR) is 87.6 cm³/mol. The van der Waals surface area contributed by atoms with Crippen LogP contribution in [0.1, 0.15) is 36.5 Å². The van der Waals surface area contributed by atoms with Crippen LogP contribution in [0.15, 0.2) is 35.3 Å². The van der Waals surface area contributed by atoms with Crippen molar-refractivity contribution in [2.45, 2.75) is 40.0 Å². The molecule has 0 spiro atoms. The molecule has 1 aromatic carbocycles. The largest absolute Gasteiger partial charge is 0.464 e. The lowest BCUT2D eigenvalue weighted by atomic mass is 9.91. The molecular formula is C18H21NO3. The van der Waals surface area contributed by atoms with Crippen molar-refractivity contribution < 1.29 is 9.90 Å². The van der Waals surface area contributed by atoms with Crippen LogP contribution in [-0.2, 0) is 6.42 Å². The maximum Gasteiger partial charge on any atom is 0.418 e. The van der Waals surface area contributed by atoms with E-state index in [-0.39, 0.29) is 0 Å². The Balaban J connectivity index is 2.73. The Hall–Kier alpha value is -2.36. The fourth-order valence-corrected chi connectivity index (χ4v) is 2.80. The lowest BCUT2D eigenvalue weighted by Crippen LogP contribution is -2.28. The highest BCUT2D eigenvalue weighted by Crippen LogP contribution is 2.29. The molecule has 0 fully saturated rings. The zero-order valence-corrected chi connectivity index (χ0v) is 13.2. The molecule has 1 N–H and O–H groups in total. The third-order valence-corrected chi connectivity index (χ3v) is 3.93. The van der Waals surface area contributed by atoms with E-state index in [1.165, 1.54) is 6.20 Å². The number of hydrogen-bond donors (Lipinski definition) is 1. The average Bonchev–Trinajstić information content (AvgIpc) is 2.46. The summed E-state index contributed by atoms with van der Waals surface area (Å²) in [7, 11) is 0. The van der Waals surface area contributed by atoms with Gasteiger partial charge >= 0.3 is 6.09 Å². The zero-order chi connectivity index (χ0) is 16.3. The van der Waals surface area contributed by atoms with Crippen LogP contribution in [-0.4, -0.2) is 15.8 Å². The van der Waals surface area contributed by atoms with Gasteiger partial charge in [0.2, 0.25) is 0 Å². The molecule has 0 atom stereocenters. The lowest BCUT2D eigenvalue weighted by Gasteiger charge is -2.15. The normalized spacial score (nSPS) is 10.7. The van der Waals surface area contributed by atoms with E-state index >= 15 is 0 Å². The summed E-state index contributed by atoms with van der Waals surface area (Å²) >= 11 is 0. The third kappa shape index (κ3) is 2.96. The molecule has 0 aliphatic rings. The van der Waals surface area contributed by atoms with Crippen molar-refractivity contribution in [3.63, 3.8) is 0 Å². The van der Waals surface area contributed by atoms with Gasteiger partial charge in [0.25, 0.3) is 5.56 Å². The van der Waals surface area contributed by atoms with Crippen LogP contribution in [0.3, 0.4) is 0 Å². The van der Waals surface area contributed by atoms with E-state index in [2.05, 4.69) is 6.92 Å². The van der Waals surface area contributed by atoms with Gasteiger partial charge in [0.15, 0.2) is 0 Å². The maximum atomic E-state index is 12.5. The van der Waals surface area contributed by atoms with Crippen molar-refractivity contribution >= 4 is 6.09 Å². The summed E-state index contributed by atoms with van der Waals surface area (Å²) in [4.78, 5) is 23.7. The predicted octanol–water partition coefficient (Wildman–Crippen LogP) is 4.00. The summed E-state index contributed by atoms with van der Waals surface area (Å²) < 4.78 is 0.766. The second-order valence-corrected chi connectivity index (χ2v) is 5.54. The summed E-state index contributed by atoms with van der Waals surface area (Å²) in [6.45, 7) is 6.07. The molecule has 0 aliphatic carbocycles. The van der Waals surface area contributed by atoms with E-state index in [9.17, 15) is 9.59 Å². The summed E-state index contributed by atoms with van der Waals surface area (Å²) in [6, 6.07) is 7.75. The minimum Gasteiger partial charge on any atom is -0.464 e. The molecule has 0 bridgehead atoms. The van der Waals surface area contributed by atoms with E-state index in [1.807, 2.05) is 32.0 Å². The molecular weight excluding hydrogens is 278 g/mol. The van der Waals surface area contributed by atoms with Gasteiger partial charge in [-0.3, -0.25) is 4.79 Å². The Bertz CT molecular complexity index is 739. The summed E-state index contributed by atoms with van der Waals surface area (Å²) in [5, 5.41) is 9.15. The van der Waals surface area contributed by atoms with E-state index in [1.54, 1.807) is 6.07 Å². The number of carboxylic acid groups (broad SMARTS) is 1. The van der Waals surface area contributed by atoms with Crippen LogP contribution >= 0.6 is 0 Å². The number of carbonyl (C=O) groups is 1. The van der Waals surface area contributed by atoms with E-state index in [0.29, 0.717) is 12.0 Å². The molecule has 4 heteroatoms. The summed E-state index contributed by atoms with van der Waals surface area (Å²) in [5.41, 5.74) is 4.22. The van der Waals surface area contributed by atoms with Crippen molar-refractivity contribution in [2.75, 3.05) is 0 Å². The Morgan fingerprint density at radius 2 is 1.82 bits per heavy atom. The standard InChI is InChI=1S/C18H21NO3/c1-4-5-9-15-14(10-11-19(17(15)20)18(21)22)16-12(2)7-6-8-13(16)3/h6-8,10-11H,4-5,9H2,1-3H3,(H,21,22). The molecule has 0 radical (unpaired) electrons. The van der Waals surface area contributed by atoms with Gasteiger partial charge < -0.3 is 5.11 Å². The molecule has 1 heterocycles. The molecule has 0 saturated carbocycles. The van der Waals surface area contributed by atoms with Gasteiger partial charge in [0.05, 0.1) is 0 Å². The molecule has 0 amide bonds. The van der Waals surface area contributed by atoms with Gasteiger partial charge in [-0.1, -0.05) is 31.5 Å². The Labute approximate surface area is 130 Å². The quantitative estimate of drug-likeness (QED) is 0.928. The van der Waals surface area contributed by atoms with Gasteiger partial charge in [0, 0.05) is 11.8 Å². The SMILES string of the molecule is CCCCc1c(-c2c(C)cccc2C)ccn(C(=O)O)c1=O. The Morgan fingerprint density at radius 1 is 1.18 bits per heavy atom. The molecule has 116 valence electrons. The monoisotopic (exact) mass is 299 g/mol. The molecule has 0 saturated heterocycles. The molecule has 0 unspecified atom stereocenters. The molecule has 4 nitrogen and oxygen atoms in total. The Kier molecular flexibility index (Phi) is 4.81. The second kappa shape index (κ2) is 6.60. The minimum absolute atomic E-state index is 0.430. The number of aromatic nitrogens is 1. The number of nitrogens with zero attached hydrogens (tertiary/aromatic N) is 1. The number of hydrogen-bond acceptors (Lipinski definition) is 2. The van der Waals surface area contributed by atoms with Crippen LogP contribution in [0.2, 0.25) is 0 Å². The van der Waals surface area contributed by atoms with Gasteiger partial charge in [-0.05, 0) is 55.0 Å².